The zero-order chi connectivity index (χ0) is 20.9. The number of nitrogens with one attached hydrogen (secondary N) is 3. The van der Waals surface area contributed by atoms with Gasteiger partial charge in [0.15, 0.2) is 11.5 Å². The topological polar surface area (TPSA) is 88.7 Å². The SMILES string of the molecule is O=C(CC1CC(=O)NC(SCc2cccc(Cl)c2)N1)NCc1ccc2c(c1)OCO2. The van der Waals surface area contributed by atoms with Gasteiger partial charge in [0.1, 0.15) is 5.50 Å². The molecule has 1 saturated heterocycles. The van der Waals surface area contributed by atoms with Gasteiger partial charge in [0.05, 0.1) is 0 Å². The van der Waals surface area contributed by atoms with Crippen LogP contribution in [0.15, 0.2) is 42.5 Å². The van der Waals surface area contributed by atoms with E-state index in [1.807, 2.05) is 42.5 Å². The molecule has 9 heteroatoms. The fourth-order valence-electron chi connectivity index (χ4n) is 3.32. The number of rotatable bonds is 7. The van der Waals surface area contributed by atoms with Crippen molar-refractivity contribution in [3.63, 3.8) is 0 Å². The summed E-state index contributed by atoms with van der Waals surface area (Å²) in [6.07, 6.45) is 0.498. The summed E-state index contributed by atoms with van der Waals surface area (Å²) in [7, 11) is 0. The molecule has 2 unspecified atom stereocenters. The Balaban J connectivity index is 1.25. The number of carbonyl (C=O) groups is 2. The third kappa shape index (κ3) is 5.59. The molecule has 4 rings (SSSR count). The van der Waals surface area contributed by atoms with Crippen LogP contribution in [0.25, 0.3) is 0 Å². The number of halogens is 1. The summed E-state index contributed by atoms with van der Waals surface area (Å²) < 4.78 is 10.6. The average molecular weight is 448 g/mol. The van der Waals surface area contributed by atoms with Crippen molar-refractivity contribution in [3.8, 4) is 11.5 Å². The number of fused-ring (bicyclic) bond motifs is 1. The lowest BCUT2D eigenvalue weighted by molar-refractivity contribution is -0.125. The third-order valence-corrected chi connectivity index (χ3v) is 6.10. The van der Waals surface area contributed by atoms with Gasteiger partial charge in [-0.3, -0.25) is 14.9 Å². The van der Waals surface area contributed by atoms with Gasteiger partial charge in [-0.1, -0.05) is 29.8 Å². The summed E-state index contributed by atoms with van der Waals surface area (Å²) >= 11 is 7.58. The quantitative estimate of drug-likeness (QED) is 0.605. The smallest absolute Gasteiger partial charge is 0.231 e. The second kappa shape index (κ2) is 9.59. The molecule has 158 valence electrons. The van der Waals surface area contributed by atoms with Gasteiger partial charge in [0, 0.05) is 36.2 Å². The highest BCUT2D eigenvalue weighted by Crippen LogP contribution is 2.32. The number of ether oxygens (including phenoxy) is 2. The summed E-state index contributed by atoms with van der Waals surface area (Å²) in [4.78, 5) is 24.5. The van der Waals surface area contributed by atoms with E-state index in [1.54, 1.807) is 11.8 Å². The minimum Gasteiger partial charge on any atom is -0.454 e. The largest absolute Gasteiger partial charge is 0.454 e. The second-order valence-corrected chi connectivity index (χ2v) is 8.65. The molecular weight excluding hydrogens is 426 g/mol. The first-order chi connectivity index (χ1) is 14.5. The maximum absolute atomic E-state index is 12.4. The monoisotopic (exact) mass is 447 g/mol. The standard InChI is InChI=1S/C21H22ClN3O4S/c22-15-3-1-2-14(6-15)11-30-21-24-16(9-20(27)25-21)8-19(26)23-10-13-4-5-17-18(7-13)29-12-28-17/h1-7,16,21,24H,8-12H2,(H,23,26)(H,25,27). The Morgan fingerprint density at radius 1 is 1.17 bits per heavy atom. The van der Waals surface area contributed by atoms with Crippen LogP contribution >= 0.6 is 23.4 Å². The van der Waals surface area contributed by atoms with E-state index in [2.05, 4.69) is 16.0 Å². The molecule has 0 spiro atoms. The van der Waals surface area contributed by atoms with Crippen molar-refractivity contribution < 1.29 is 19.1 Å². The predicted molar refractivity (Wildman–Crippen MR) is 115 cm³/mol. The summed E-state index contributed by atoms with van der Waals surface area (Å²) in [5.41, 5.74) is 1.75. The molecule has 2 aromatic rings. The van der Waals surface area contributed by atoms with Crippen molar-refractivity contribution in [1.82, 2.24) is 16.0 Å². The number of hydrogen-bond acceptors (Lipinski definition) is 6. The Morgan fingerprint density at radius 3 is 2.90 bits per heavy atom. The van der Waals surface area contributed by atoms with Gasteiger partial charge >= 0.3 is 0 Å². The highest BCUT2D eigenvalue weighted by atomic mass is 35.5. The van der Waals surface area contributed by atoms with Crippen LogP contribution < -0.4 is 25.4 Å². The maximum Gasteiger partial charge on any atom is 0.231 e. The van der Waals surface area contributed by atoms with Crippen LogP contribution in [0.2, 0.25) is 5.02 Å². The Labute approximate surface area is 183 Å². The summed E-state index contributed by atoms with van der Waals surface area (Å²) in [5, 5.41) is 9.83. The highest BCUT2D eigenvalue weighted by Gasteiger charge is 2.27. The minimum absolute atomic E-state index is 0.0640. The van der Waals surface area contributed by atoms with Gasteiger partial charge in [-0.25, -0.2) is 0 Å². The molecule has 2 amide bonds. The highest BCUT2D eigenvalue weighted by molar-refractivity contribution is 7.99. The van der Waals surface area contributed by atoms with Gasteiger partial charge < -0.3 is 20.1 Å². The molecule has 3 N–H and O–H groups in total. The predicted octanol–water partition coefficient (Wildman–Crippen LogP) is 2.77. The molecule has 7 nitrogen and oxygen atoms in total. The van der Waals surface area contributed by atoms with E-state index < -0.39 is 0 Å². The fraction of sp³-hybridized carbons (Fsp3) is 0.333. The van der Waals surface area contributed by atoms with Gasteiger partial charge in [-0.15, -0.1) is 11.8 Å². The van der Waals surface area contributed by atoms with E-state index in [1.165, 1.54) is 0 Å². The molecule has 1 fully saturated rings. The van der Waals surface area contributed by atoms with Gasteiger partial charge in [-0.2, -0.15) is 0 Å². The van der Waals surface area contributed by atoms with Crippen molar-refractivity contribution in [2.75, 3.05) is 6.79 Å². The van der Waals surface area contributed by atoms with E-state index >= 15 is 0 Å². The van der Waals surface area contributed by atoms with Crippen molar-refractivity contribution in [2.45, 2.75) is 36.7 Å². The molecule has 0 radical (unpaired) electrons. The molecule has 2 heterocycles. The second-order valence-electron chi connectivity index (χ2n) is 7.12. The van der Waals surface area contributed by atoms with Crippen LogP contribution in [0.1, 0.15) is 24.0 Å². The first-order valence-corrected chi connectivity index (χ1v) is 11.0. The molecule has 2 atom stereocenters. The Bertz CT molecular complexity index is 942. The zero-order valence-corrected chi connectivity index (χ0v) is 17.7. The molecule has 2 aliphatic rings. The van der Waals surface area contributed by atoms with Gasteiger partial charge in [0.25, 0.3) is 0 Å². The Morgan fingerprint density at radius 2 is 2.03 bits per heavy atom. The van der Waals surface area contributed by atoms with E-state index in [9.17, 15) is 9.59 Å². The maximum atomic E-state index is 12.4. The lowest BCUT2D eigenvalue weighted by Gasteiger charge is -2.31. The van der Waals surface area contributed by atoms with Crippen LogP contribution in [-0.4, -0.2) is 30.1 Å². The van der Waals surface area contributed by atoms with Crippen molar-refractivity contribution in [1.29, 1.82) is 0 Å². The van der Waals surface area contributed by atoms with Crippen LogP contribution in [0.3, 0.4) is 0 Å². The van der Waals surface area contributed by atoms with Crippen molar-refractivity contribution >= 4 is 35.2 Å². The van der Waals surface area contributed by atoms with Crippen molar-refractivity contribution in [3.05, 3.63) is 58.6 Å². The van der Waals surface area contributed by atoms with E-state index in [0.29, 0.717) is 28.8 Å². The molecule has 0 aliphatic carbocycles. The first kappa shape index (κ1) is 20.8. The summed E-state index contributed by atoms with van der Waals surface area (Å²) in [6.45, 7) is 0.610. The molecule has 0 saturated carbocycles. The normalized spacial score (nSPS) is 20.0. The molecule has 0 bridgehead atoms. The van der Waals surface area contributed by atoms with Crippen LogP contribution in [-0.2, 0) is 21.9 Å². The fourth-order valence-corrected chi connectivity index (χ4v) is 4.57. The van der Waals surface area contributed by atoms with Crippen LogP contribution in [0.5, 0.6) is 11.5 Å². The Hall–Kier alpha value is -2.42. The molecule has 30 heavy (non-hydrogen) atoms. The van der Waals surface area contributed by atoms with Crippen LogP contribution in [0, 0.1) is 0 Å². The Kier molecular flexibility index (Phi) is 6.66. The number of carbonyl (C=O) groups excluding carboxylic acids is 2. The summed E-state index contributed by atoms with van der Waals surface area (Å²) in [5.74, 6) is 1.92. The van der Waals surface area contributed by atoms with E-state index in [4.69, 9.17) is 21.1 Å². The van der Waals surface area contributed by atoms with E-state index in [-0.39, 0.29) is 43.0 Å². The molecule has 2 aromatic carbocycles. The first-order valence-electron chi connectivity index (χ1n) is 9.62. The third-order valence-electron chi connectivity index (χ3n) is 4.78. The molecular formula is C21H22ClN3O4S. The van der Waals surface area contributed by atoms with Crippen molar-refractivity contribution in [2.24, 2.45) is 0 Å². The molecule has 0 aromatic heterocycles. The number of amides is 2. The zero-order valence-electron chi connectivity index (χ0n) is 16.2. The number of hydrogen-bond donors (Lipinski definition) is 3. The summed E-state index contributed by atoms with van der Waals surface area (Å²) in [6, 6.07) is 13.0. The van der Waals surface area contributed by atoms with E-state index in [0.717, 1.165) is 11.1 Å². The van der Waals surface area contributed by atoms with Gasteiger partial charge in [-0.05, 0) is 35.4 Å². The number of benzene rings is 2. The van der Waals surface area contributed by atoms with Gasteiger partial charge in [0.2, 0.25) is 18.6 Å². The average Bonchev–Trinajstić information content (AvgIpc) is 3.18. The number of thioether (sulfide) groups is 1. The van der Waals surface area contributed by atoms with Crippen LogP contribution in [0.4, 0.5) is 0 Å². The molecule has 2 aliphatic heterocycles. The lowest BCUT2D eigenvalue weighted by atomic mass is 10.1. The lowest BCUT2D eigenvalue weighted by Crippen LogP contribution is -2.55. The minimum atomic E-state index is -0.253.